The van der Waals surface area contributed by atoms with Crippen LogP contribution < -0.4 is 16.4 Å². The fourth-order valence-corrected chi connectivity index (χ4v) is 3.25. The molecule has 0 bridgehead atoms. The summed E-state index contributed by atoms with van der Waals surface area (Å²) in [5, 5.41) is 14.4. The van der Waals surface area contributed by atoms with Gasteiger partial charge in [0.25, 0.3) is 0 Å². The van der Waals surface area contributed by atoms with Crippen LogP contribution in [0.2, 0.25) is 0 Å². The molecule has 4 rings (SSSR count). The minimum absolute atomic E-state index is 0.0222. The molecule has 4 N–H and O–H groups in total. The van der Waals surface area contributed by atoms with Gasteiger partial charge < -0.3 is 16.4 Å². The molecular weight excluding hydrogens is 420 g/mol. The summed E-state index contributed by atoms with van der Waals surface area (Å²) in [7, 11) is 0. The van der Waals surface area contributed by atoms with Gasteiger partial charge in [0, 0.05) is 24.2 Å². The Labute approximate surface area is 190 Å². The third-order valence-electron chi connectivity index (χ3n) is 4.86. The highest BCUT2D eigenvalue weighted by molar-refractivity contribution is 5.93. The first kappa shape index (κ1) is 21.9. The number of fused-ring (bicyclic) bond motifs is 1. The average Bonchev–Trinajstić information content (AvgIpc) is 3.21. The van der Waals surface area contributed by atoms with Crippen LogP contribution in [0.1, 0.15) is 36.2 Å². The number of aromatic nitrogens is 5. The number of anilines is 2. The zero-order chi connectivity index (χ0) is 23.4. The number of nitrogens with zero attached hydrogens (tertiary/aromatic N) is 5. The van der Waals surface area contributed by atoms with Crippen LogP contribution in [0, 0.1) is 5.92 Å². The van der Waals surface area contributed by atoms with Gasteiger partial charge in [0.1, 0.15) is 0 Å². The smallest absolute Gasteiger partial charge is 0.248 e. The molecule has 0 spiro atoms. The molecule has 168 valence electrons. The Morgan fingerprint density at radius 2 is 1.91 bits per heavy atom. The second kappa shape index (κ2) is 9.43. The lowest BCUT2D eigenvalue weighted by atomic mass is 10.1. The highest BCUT2D eigenvalue weighted by Gasteiger charge is 2.12. The van der Waals surface area contributed by atoms with Crippen molar-refractivity contribution < 1.29 is 9.59 Å². The molecule has 0 saturated heterocycles. The molecule has 33 heavy (non-hydrogen) atoms. The molecule has 0 saturated carbocycles. The number of benzene rings is 2. The molecule has 0 fully saturated rings. The van der Waals surface area contributed by atoms with Gasteiger partial charge in [-0.05, 0) is 47.9 Å². The maximum absolute atomic E-state index is 12.0. The standard InChI is InChI=1S/C23H24N8O2/c1-14(2)10-20(32)25-12-15-4-3-5-18(11-15)31-22-19(29-30-31)13-26-23(28-22)27-17-8-6-16(7-9-17)21(24)33/h3-9,11,13-14H,10,12H2,1-2H3,(H2,24,33)(H,25,32)(H,26,27,28). The second-order valence-corrected chi connectivity index (χ2v) is 8.01. The predicted octanol–water partition coefficient (Wildman–Crippen LogP) is 2.72. The zero-order valence-electron chi connectivity index (χ0n) is 18.3. The van der Waals surface area contributed by atoms with Crippen molar-refractivity contribution in [2.75, 3.05) is 5.32 Å². The highest BCUT2D eigenvalue weighted by atomic mass is 16.1. The van der Waals surface area contributed by atoms with Crippen molar-refractivity contribution in [3.8, 4) is 5.69 Å². The highest BCUT2D eigenvalue weighted by Crippen LogP contribution is 2.19. The van der Waals surface area contributed by atoms with E-state index in [-0.39, 0.29) is 5.91 Å². The van der Waals surface area contributed by atoms with Gasteiger partial charge in [0.05, 0.1) is 11.9 Å². The summed E-state index contributed by atoms with van der Waals surface area (Å²) in [4.78, 5) is 32.0. The third kappa shape index (κ3) is 5.29. The van der Waals surface area contributed by atoms with Gasteiger partial charge in [-0.25, -0.2) is 4.98 Å². The number of hydrogen-bond donors (Lipinski definition) is 3. The number of rotatable bonds is 8. The summed E-state index contributed by atoms with van der Waals surface area (Å²) in [5.41, 5.74) is 9.18. The molecule has 2 amide bonds. The van der Waals surface area contributed by atoms with Crippen molar-refractivity contribution in [3.63, 3.8) is 0 Å². The number of carbonyl (C=O) groups is 2. The van der Waals surface area contributed by atoms with Crippen LogP contribution in [0.5, 0.6) is 0 Å². The van der Waals surface area contributed by atoms with Crippen molar-refractivity contribution in [2.45, 2.75) is 26.8 Å². The maximum atomic E-state index is 12.0. The summed E-state index contributed by atoms with van der Waals surface area (Å²) in [5.74, 6) is 0.196. The molecule has 10 nitrogen and oxygen atoms in total. The van der Waals surface area contributed by atoms with Gasteiger partial charge in [-0.15, -0.1) is 5.10 Å². The van der Waals surface area contributed by atoms with Crippen LogP contribution in [0.3, 0.4) is 0 Å². The number of nitrogens with one attached hydrogen (secondary N) is 2. The number of primary amides is 1. The van der Waals surface area contributed by atoms with Gasteiger partial charge in [0.2, 0.25) is 17.8 Å². The van der Waals surface area contributed by atoms with Crippen molar-refractivity contribution in [1.29, 1.82) is 0 Å². The van der Waals surface area contributed by atoms with Gasteiger partial charge >= 0.3 is 0 Å². The lowest BCUT2D eigenvalue weighted by Gasteiger charge is -2.09. The van der Waals surface area contributed by atoms with E-state index in [4.69, 9.17) is 5.73 Å². The van der Waals surface area contributed by atoms with E-state index in [0.29, 0.717) is 47.2 Å². The molecular formula is C23H24N8O2. The van der Waals surface area contributed by atoms with Crippen molar-refractivity contribution in [1.82, 2.24) is 30.3 Å². The van der Waals surface area contributed by atoms with Gasteiger partial charge in [-0.1, -0.05) is 31.2 Å². The SMILES string of the molecule is CC(C)CC(=O)NCc1cccc(-n2nnc3cnc(Nc4ccc(C(N)=O)cc4)nc32)c1. The number of carbonyl (C=O) groups excluding carboxylic acids is 2. The minimum Gasteiger partial charge on any atom is -0.366 e. The van der Waals surface area contributed by atoms with Crippen LogP contribution in [-0.2, 0) is 11.3 Å². The second-order valence-electron chi connectivity index (χ2n) is 8.01. The topological polar surface area (TPSA) is 141 Å². The van der Waals surface area contributed by atoms with Crippen LogP contribution in [0.25, 0.3) is 16.9 Å². The summed E-state index contributed by atoms with van der Waals surface area (Å²) in [6.07, 6.45) is 2.08. The Kier molecular flexibility index (Phi) is 6.25. The lowest BCUT2D eigenvalue weighted by molar-refractivity contribution is -0.121. The molecule has 0 unspecified atom stereocenters. The van der Waals surface area contributed by atoms with E-state index in [2.05, 4.69) is 30.9 Å². The molecule has 2 heterocycles. The van der Waals surface area contributed by atoms with E-state index < -0.39 is 5.91 Å². The molecule has 0 aliphatic rings. The van der Waals surface area contributed by atoms with Crippen molar-refractivity contribution in [3.05, 3.63) is 65.9 Å². The van der Waals surface area contributed by atoms with E-state index in [0.717, 1.165) is 11.3 Å². The van der Waals surface area contributed by atoms with Crippen LogP contribution >= 0.6 is 0 Å². The Morgan fingerprint density at radius 3 is 2.64 bits per heavy atom. The van der Waals surface area contributed by atoms with Crippen molar-refractivity contribution in [2.24, 2.45) is 11.7 Å². The Bertz CT molecular complexity index is 1300. The average molecular weight is 444 g/mol. The van der Waals surface area contributed by atoms with Crippen LogP contribution in [-0.4, -0.2) is 36.8 Å². The first-order valence-corrected chi connectivity index (χ1v) is 10.5. The fraction of sp³-hybridized carbons (Fsp3) is 0.217. The van der Waals surface area contributed by atoms with E-state index in [9.17, 15) is 9.59 Å². The first-order chi connectivity index (χ1) is 15.9. The molecule has 4 aromatic rings. The van der Waals surface area contributed by atoms with Crippen LogP contribution in [0.4, 0.5) is 11.6 Å². The summed E-state index contributed by atoms with van der Waals surface area (Å²) >= 11 is 0. The van der Waals surface area contributed by atoms with Gasteiger partial charge in [-0.3, -0.25) is 9.59 Å². The zero-order valence-corrected chi connectivity index (χ0v) is 18.3. The van der Waals surface area contributed by atoms with E-state index in [1.165, 1.54) is 0 Å². The fourth-order valence-electron chi connectivity index (χ4n) is 3.25. The van der Waals surface area contributed by atoms with Crippen LogP contribution in [0.15, 0.2) is 54.7 Å². The summed E-state index contributed by atoms with van der Waals surface area (Å²) in [6.45, 7) is 4.45. The Hall–Kier alpha value is -4.34. The lowest BCUT2D eigenvalue weighted by Crippen LogP contribution is -2.23. The normalized spacial score (nSPS) is 11.0. The van der Waals surface area contributed by atoms with E-state index >= 15 is 0 Å². The van der Waals surface area contributed by atoms with Crippen molar-refractivity contribution >= 4 is 34.6 Å². The third-order valence-corrected chi connectivity index (χ3v) is 4.86. The number of amides is 2. The van der Waals surface area contributed by atoms with E-state index in [1.54, 1.807) is 35.1 Å². The molecule has 0 atom stereocenters. The minimum atomic E-state index is -0.490. The first-order valence-electron chi connectivity index (χ1n) is 10.5. The Balaban J connectivity index is 1.55. The molecule has 0 aliphatic carbocycles. The quantitative estimate of drug-likeness (QED) is 0.379. The molecule has 2 aromatic heterocycles. The van der Waals surface area contributed by atoms with E-state index in [1.807, 2.05) is 38.1 Å². The summed E-state index contributed by atoms with van der Waals surface area (Å²) < 4.78 is 1.62. The summed E-state index contributed by atoms with van der Waals surface area (Å²) in [6, 6.07) is 14.4. The van der Waals surface area contributed by atoms with Gasteiger partial charge in [0.15, 0.2) is 11.2 Å². The molecule has 0 aliphatic heterocycles. The largest absolute Gasteiger partial charge is 0.366 e. The maximum Gasteiger partial charge on any atom is 0.248 e. The number of hydrogen-bond acceptors (Lipinski definition) is 7. The number of nitrogens with two attached hydrogens (primary N) is 1. The monoisotopic (exact) mass is 444 g/mol. The van der Waals surface area contributed by atoms with Gasteiger partial charge in [-0.2, -0.15) is 9.67 Å². The predicted molar refractivity (Wildman–Crippen MR) is 124 cm³/mol. The molecule has 2 aromatic carbocycles. The molecule has 0 radical (unpaired) electrons. The molecule has 10 heteroatoms. The Morgan fingerprint density at radius 1 is 1.12 bits per heavy atom.